The van der Waals surface area contributed by atoms with Crippen LogP contribution in [0.4, 0.5) is 23.7 Å². The fraction of sp³-hybridized carbons (Fsp3) is 0.348. The van der Waals surface area contributed by atoms with E-state index in [9.17, 15) is 27.6 Å². The molecule has 1 fully saturated rings. The van der Waals surface area contributed by atoms with E-state index in [1.807, 2.05) is 39.0 Å². The van der Waals surface area contributed by atoms with Crippen LogP contribution in [0.1, 0.15) is 43.4 Å². The monoisotopic (exact) mass is 463 g/mol. The van der Waals surface area contributed by atoms with E-state index in [4.69, 9.17) is 0 Å². The zero-order chi connectivity index (χ0) is 24.6. The first-order valence-electron chi connectivity index (χ1n) is 10.2. The number of para-hydroxylation sites is 1. The Morgan fingerprint density at radius 2 is 1.79 bits per heavy atom. The summed E-state index contributed by atoms with van der Waals surface area (Å²) >= 11 is 0. The minimum absolute atomic E-state index is 0.143. The molecule has 0 saturated carbocycles. The summed E-state index contributed by atoms with van der Waals surface area (Å²) in [5.74, 6) is -1.56. The Balaban J connectivity index is 1.76. The lowest BCUT2D eigenvalue weighted by Gasteiger charge is -2.23. The fourth-order valence-electron chi connectivity index (χ4n) is 3.69. The van der Waals surface area contributed by atoms with Crippen LogP contribution in [-0.2, 0) is 15.1 Å². The number of amides is 4. The van der Waals surface area contributed by atoms with Crippen LogP contribution in [0, 0.1) is 6.92 Å². The summed E-state index contributed by atoms with van der Waals surface area (Å²) < 4.78 is 41.0. The highest BCUT2D eigenvalue weighted by atomic mass is 19.4. The van der Waals surface area contributed by atoms with Crippen LogP contribution in [0.5, 0.6) is 5.75 Å². The van der Waals surface area contributed by atoms with Crippen molar-refractivity contribution < 1.29 is 32.3 Å². The number of halogens is 3. The molecule has 3 rings (SSSR count). The molecule has 0 aliphatic carbocycles. The van der Waals surface area contributed by atoms with Crippen LogP contribution in [-0.4, -0.2) is 35.7 Å². The summed E-state index contributed by atoms with van der Waals surface area (Å²) in [4.78, 5) is 39.0. The van der Waals surface area contributed by atoms with Crippen molar-refractivity contribution in [3.8, 4) is 5.75 Å². The van der Waals surface area contributed by atoms with Gasteiger partial charge in [-0.3, -0.25) is 14.5 Å². The minimum atomic E-state index is -4.85. The highest BCUT2D eigenvalue weighted by molar-refractivity contribution is 6.10. The molecule has 4 amide bonds. The number of carbonyl (C=O) groups is 3. The third-order valence-corrected chi connectivity index (χ3v) is 5.43. The van der Waals surface area contributed by atoms with Crippen LogP contribution < -0.4 is 15.4 Å². The molecule has 2 aromatic rings. The van der Waals surface area contributed by atoms with E-state index < -0.39 is 42.0 Å². The molecule has 1 saturated heterocycles. The van der Waals surface area contributed by atoms with Gasteiger partial charge >= 0.3 is 12.4 Å². The maximum Gasteiger partial charge on any atom is 0.573 e. The van der Waals surface area contributed by atoms with Gasteiger partial charge in [0, 0.05) is 5.69 Å². The highest BCUT2D eigenvalue weighted by Gasteiger charge is 2.49. The number of benzene rings is 2. The van der Waals surface area contributed by atoms with Crippen LogP contribution >= 0.6 is 0 Å². The molecule has 33 heavy (non-hydrogen) atoms. The number of urea groups is 1. The molecular weight excluding hydrogens is 439 g/mol. The van der Waals surface area contributed by atoms with E-state index in [1.54, 1.807) is 0 Å². The van der Waals surface area contributed by atoms with Gasteiger partial charge in [0.15, 0.2) is 0 Å². The molecular formula is C23H24F3N3O4. The van der Waals surface area contributed by atoms with Gasteiger partial charge in [-0.1, -0.05) is 44.2 Å². The molecule has 1 aliphatic rings. The Hall–Kier alpha value is -3.56. The third kappa shape index (κ3) is 5.10. The number of alkyl halides is 3. The number of hydrogen-bond acceptors (Lipinski definition) is 4. The first-order chi connectivity index (χ1) is 15.3. The predicted octanol–water partition coefficient (Wildman–Crippen LogP) is 4.42. The van der Waals surface area contributed by atoms with Crippen molar-refractivity contribution in [2.75, 3.05) is 11.9 Å². The van der Waals surface area contributed by atoms with E-state index in [0.717, 1.165) is 28.2 Å². The van der Waals surface area contributed by atoms with Crippen molar-refractivity contribution in [3.63, 3.8) is 0 Å². The summed E-state index contributed by atoms with van der Waals surface area (Å²) in [5, 5.41) is 5.31. The standard InChI is InChI=1S/C23H24F3N3O4/c1-13(2)17-7-5-6-14(3)19(17)27-18(30)12-29-20(31)22(4,28-21(29)32)15-8-10-16(11-9-15)33-23(24,25)26/h5-11,13H,12H2,1-4H3,(H,27,30)(H,28,32). The minimum Gasteiger partial charge on any atom is -0.406 e. The third-order valence-electron chi connectivity index (χ3n) is 5.43. The summed E-state index contributed by atoms with van der Waals surface area (Å²) in [5.41, 5.74) is 1.11. The van der Waals surface area contributed by atoms with Crippen LogP contribution in [0.25, 0.3) is 0 Å². The summed E-state index contributed by atoms with van der Waals surface area (Å²) in [6, 6.07) is 9.46. The first kappa shape index (κ1) is 24.1. The zero-order valence-corrected chi connectivity index (χ0v) is 18.5. The predicted molar refractivity (Wildman–Crippen MR) is 115 cm³/mol. The number of carbonyl (C=O) groups excluding carboxylic acids is 3. The van der Waals surface area contributed by atoms with Crippen molar-refractivity contribution in [1.82, 2.24) is 10.2 Å². The quantitative estimate of drug-likeness (QED) is 0.621. The number of nitrogens with one attached hydrogen (secondary N) is 2. The summed E-state index contributed by atoms with van der Waals surface area (Å²) in [6.07, 6.45) is -4.85. The number of anilines is 1. The second kappa shape index (κ2) is 8.76. The lowest BCUT2D eigenvalue weighted by molar-refractivity contribution is -0.274. The largest absolute Gasteiger partial charge is 0.573 e. The van der Waals surface area contributed by atoms with Gasteiger partial charge in [0.05, 0.1) is 0 Å². The summed E-state index contributed by atoms with van der Waals surface area (Å²) in [7, 11) is 0. The molecule has 1 atom stereocenters. The molecule has 0 aromatic heterocycles. The van der Waals surface area contributed by atoms with Gasteiger partial charge in [0.25, 0.3) is 5.91 Å². The van der Waals surface area contributed by atoms with Gasteiger partial charge in [-0.05, 0) is 48.6 Å². The Labute approximate surface area is 188 Å². The topological polar surface area (TPSA) is 87.7 Å². The molecule has 0 bridgehead atoms. The lowest BCUT2D eigenvalue weighted by Crippen LogP contribution is -2.42. The second-order valence-corrected chi connectivity index (χ2v) is 8.26. The van der Waals surface area contributed by atoms with Gasteiger partial charge in [0.1, 0.15) is 17.8 Å². The maximum atomic E-state index is 13.0. The van der Waals surface area contributed by atoms with Gasteiger partial charge in [0.2, 0.25) is 5.91 Å². The highest BCUT2D eigenvalue weighted by Crippen LogP contribution is 2.32. The normalized spacial score (nSPS) is 18.5. The van der Waals surface area contributed by atoms with Crippen LogP contribution in [0.2, 0.25) is 0 Å². The Bertz CT molecular complexity index is 1080. The number of hydrogen-bond donors (Lipinski definition) is 2. The van der Waals surface area contributed by atoms with Crippen LogP contribution in [0.3, 0.4) is 0 Å². The molecule has 2 aromatic carbocycles. The van der Waals surface area contributed by atoms with Gasteiger partial charge < -0.3 is 15.4 Å². The van der Waals surface area contributed by atoms with E-state index in [-0.39, 0.29) is 11.5 Å². The number of rotatable bonds is 6. The molecule has 0 radical (unpaired) electrons. The second-order valence-electron chi connectivity index (χ2n) is 8.26. The van der Waals surface area contributed by atoms with Gasteiger partial charge in [-0.25, -0.2) is 4.79 Å². The van der Waals surface area contributed by atoms with Crippen molar-refractivity contribution in [1.29, 1.82) is 0 Å². The molecule has 1 heterocycles. The molecule has 7 nitrogen and oxygen atoms in total. The lowest BCUT2D eigenvalue weighted by atomic mass is 9.92. The van der Waals surface area contributed by atoms with E-state index in [2.05, 4.69) is 15.4 Å². The van der Waals surface area contributed by atoms with Crippen molar-refractivity contribution in [3.05, 3.63) is 59.2 Å². The molecule has 1 aliphatic heterocycles. The fourth-order valence-corrected chi connectivity index (χ4v) is 3.69. The SMILES string of the molecule is Cc1cccc(C(C)C)c1NC(=O)CN1C(=O)NC(C)(c2ccc(OC(F)(F)F)cc2)C1=O. The Kier molecular flexibility index (Phi) is 6.40. The molecule has 10 heteroatoms. The van der Waals surface area contributed by atoms with Crippen LogP contribution in [0.15, 0.2) is 42.5 Å². The number of aryl methyl sites for hydroxylation is 1. The molecule has 176 valence electrons. The molecule has 1 unspecified atom stereocenters. The van der Waals surface area contributed by atoms with Gasteiger partial charge in [-0.2, -0.15) is 0 Å². The summed E-state index contributed by atoms with van der Waals surface area (Å²) in [6.45, 7) is 6.72. The molecule has 2 N–H and O–H groups in total. The Morgan fingerprint density at radius 3 is 2.36 bits per heavy atom. The van der Waals surface area contributed by atoms with Crippen molar-refractivity contribution >= 4 is 23.5 Å². The zero-order valence-electron chi connectivity index (χ0n) is 18.5. The number of nitrogens with zero attached hydrogens (tertiary/aromatic N) is 1. The first-order valence-corrected chi connectivity index (χ1v) is 10.2. The van der Waals surface area contributed by atoms with Gasteiger partial charge in [-0.15, -0.1) is 13.2 Å². The van der Waals surface area contributed by atoms with E-state index >= 15 is 0 Å². The number of ether oxygens (including phenoxy) is 1. The Morgan fingerprint density at radius 1 is 1.15 bits per heavy atom. The maximum absolute atomic E-state index is 13.0. The van der Waals surface area contributed by atoms with E-state index in [1.165, 1.54) is 19.1 Å². The van der Waals surface area contributed by atoms with Crippen molar-refractivity contribution in [2.45, 2.75) is 45.5 Å². The average Bonchev–Trinajstić information content (AvgIpc) is 2.92. The smallest absolute Gasteiger partial charge is 0.406 e. The number of imide groups is 1. The molecule has 0 spiro atoms. The van der Waals surface area contributed by atoms with E-state index in [0.29, 0.717) is 5.69 Å². The van der Waals surface area contributed by atoms with Crippen molar-refractivity contribution in [2.24, 2.45) is 0 Å². The average molecular weight is 463 g/mol.